The van der Waals surface area contributed by atoms with Gasteiger partial charge in [-0.1, -0.05) is 0 Å². The minimum atomic E-state index is -0.132. The Bertz CT molecular complexity index is 448. The maximum absolute atomic E-state index is 10.8. The average molecular weight is 176 g/mol. The van der Waals surface area contributed by atoms with Gasteiger partial charge < -0.3 is 5.32 Å². The fourth-order valence-corrected chi connectivity index (χ4v) is 1.09. The van der Waals surface area contributed by atoms with Gasteiger partial charge in [-0.15, -0.1) is 0 Å². The number of carbonyl (C=O) groups excluding carboxylic acids is 1. The first kappa shape index (κ1) is 7.72. The highest BCUT2D eigenvalue weighted by molar-refractivity contribution is 5.87. The number of fused-ring (bicyclic) bond motifs is 1. The van der Waals surface area contributed by atoms with Crippen molar-refractivity contribution < 1.29 is 4.79 Å². The van der Waals surface area contributed by atoms with Crippen LogP contribution < -0.4 is 5.32 Å². The second-order valence-corrected chi connectivity index (χ2v) is 2.62. The van der Waals surface area contributed by atoms with E-state index in [0.717, 1.165) is 0 Å². The molecule has 0 atom stereocenters. The number of nitrogens with one attached hydrogen (secondary N) is 1. The maximum Gasteiger partial charge on any atom is 0.222 e. The van der Waals surface area contributed by atoms with Crippen LogP contribution in [0.4, 0.5) is 5.82 Å². The molecular weight excluding hydrogens is 168 g/mol. The highest BCUT2D eigenvalue weighted by atomic mass is 16.1. The number of imidazole rings is 1. The van der Waals surface area contributed by atoms with Gasteiger partial charge in [0.25, 0.3) is 0 Å². The van der Waals surface area contributed by atoms with Crippen LogP contribution in [0.1, 0.15) is 6.92 Å². The lowest BCUT2D eigenvalue weighted by molar-refractivity contribution is -0.114. The fourth-order valence-electron chi connectivity index (χ4n) is 1.09. The molecule has 1 N–H and O–H groups in total. The zero-order valence-corrected chi connectivity index (χ0v) is 7.06. The molecule has 0 aliphatic carbocycles. The molecule has 0 aliphatic rings. The first-order chi connectivity index (χ1) is 6.27. The maximum atomic E-state index is 10.8. The molecule has 5 nitrogen and oxygen atoms in total. The third-order valence-corrected chi connectivity index (χ3v) is 1.58. The van der Waals surface area contributed by atoms with Gasteiger partial charge in [0, 0.05) is 13.1 Å². The molecule has 0 saturated heterocycles. The summed E-state index contributed by atoms with van der Waals surface area (Å²) in [6.07, 6.45) is 3.21. The van der Waals surface area contributed by atoms with E-state index < -0.39 is 0 Å². The molecule has 2 heterocycles. The van der Waals surface area contributed by atoms with Crippen molar-refractivity contribution in [1.82, 2.24) is 14.6 Å². The van der Waals surface area contributed by atoms with Gasteiger partial charge in [-0.25, -0.2) is 4.98 Å². The van der Waals surface area contributed by atoms with Crippen molar-refractivity contribution in [3.63, 3.8) is 0 Å². The highest BCUT2D eigenvalue weighted by Crippen LogP contribution is 2.08. The first-order valence-corrected chi connectivity index (χ1v) is 3.84. The molecule has 0 aromatic carbocycles. The van der Waals surface area contributed by atoms with Crippen LogP contribution in [0.3, 0.4) is 0 Å². The Labute approximate surface area is 74.4 Å². The Morgan fingerprint density at radius 3 is 3.23 bits per heavy atom. The van der Waals surface area contributed by atoms with Gasteiger partial charge in [-0.3, -0.25) is 4.79 Å². The van der Waals surface area contributed by atoms with E-state index in [0.29, 0.717) is 11.5 Å². The predicted molar refractivity (Wildman–Crippen MR) is 47.3 cm³/mol. The number of hydrogen-bond donors (Lipinski definition) is 1. The molecule has 2 rings (SSSR count). The smallest absolute Gasteiger partial charge is 0.222 e. The van der Waals surface area contributed by atoms with E-state index in [9.17, 15) is 4.79 Å². The summed E-state index contributed by atoms with van der Waals surface area (Å²) >= 11 is 0. The summed E-state index contributed by atoms with van der Waals surface area (Å²) < 4.78 is 1.57. The Hall–Kier alpha value is -1.91. The number of anilines is 1. The van der Waals surface area contributed by atoms with Crippen molar-refractivity contribution in [1.29, 1.82) is 0 Å². The molecule has 5 heteroatoms. The summed E-state index contributed by atoms with van der Waals surface area (Å²) in [5, 5.41) is 6.66. The number of rotatable bonds is 1. The Morgan fingerprint density at radius 2 is 2.46 bits per heavy atom. The third kappa shape index (κ3) is 1.35. The van der Waals surface area contributed by atoms with Gasteiger partial charge in [-0.05, 0) is 12.1 Å². The highest BCUT2D eigenvalue weighted by Gasteiger charge is 2.03. The van der Waals surface area contributed by atoms with E-state index in [1.54, 1.807) is 23.0 Å². The van der Waals surface area contributed by atoms with Crippen molar-refractivity contribution >= 4 is 17.4 Å². The monoisotopic (exact) mass is 176 g/mol. The second-order valence-electron chi connectivity index (χ2n) is 2.62. The molecule has 2 aromatic heterocycles. The zero-order valence-electron chi connectivity index (χ0n) is 7.06. The molecule has 0 unspecified atom stereocenters. The average Bonchev–Trinajstić information content (AvgIpc) is 2.48. The zero-order chi connectivity index (χ0) is 9.26. The van der Waals surface area contributed by atoms with Gasteiger partial charge in [0.15, 0.2) is 11.5 Å². The molecular formula is C8H8N4O. The summed E-state index contributed by atoms with van der Waals surface area (Å²) in [6.45, 7) is 1.45. The lowest BCUT2D eigenvalue weighted by Crippen LogP contribution is -2.08. The molecule has 0 bridgehead atoms. The molecule has 0 radical (unpaired) electrons. The summed E-state index contributed by atoms with van der Waals surface area (Å²) in [5.41, 5.74) is 0.714. The second kappa shape index (κ2) is 2.85. The normalized spacial score (nSPS) is 10.2. The number of amides is 1. The Morgan fingerprint density at radius 1 is 1.62 bits per heavy atom. The van der Waals surface area contributed by atoms with Crippen LogP contribution in [0.15, 0.2) is 24.5 Å². The summed E-state index contributed by atoms with van der Waals surface area (Å²) in [4.78, 5) is 14.8. The van der Waals surface area contributed by atoms with Gasteiger partial charge >= 0.3 is 0 Å². The van der Waals surface area contributed by atoms with Crippen LogP contribution in [0.5, 0.6) is 0 Å². The molecule has 13 heavy (non-hydrogen) atoms. The number of carbonyl (C=O) groups is 1. The Balaban J connectivity index is 2.51. The van der Waals surface area contributed by atoms with E-state index in [1.165, 1.54) is 6.92 Å². The molecule has 66 valence electrons. The summed E-state index contributed by atoms with van der Waals surface area (Å²) in [6, 6.07) is 3.61. The molecule has 0 fully saturated rings. The van der Waals surface area contributed by atoms with Gasteiger partial charge in [-0.2, -0.15) is 9.61 Å². The van der Waals surface area contributed by atoms with Gasteiger partial charge in [0.2, 0.25) is 5.91 Å². The van der Waals surface area contributed by atoms with Crippen molar-refractivity contribution in [2.24, 2.45) is 0 Å². The van der Waals surface area contributed by atoms with Crippen LogP contribution in [-0.4, -0.2) is 20.5 Å². The van der Waals surface area contributed by atoms with Crippen LogP contribution in [0.2, 0.25) is 0 Å². The van der Waals surface area contributed by atoms with Gasteiger partial charge in [0.1, 0.15) is 0 Å². The van der Waals surface area contributed by atoms with E-state index in [1.807, 2.05) is 6.07 Å². The van der Waals surface area contributed by atoms with Crippen LogP contribution in [0, 0.1) is 0 Å². The van der Waals surface area contributed by atoms with Gasteiger partial charge in [0.05, 0.1) is 6.20 Å². The fraction of sp³-hybridized carbons (Fsp3) is 0.125. The van der Waals surface area contributed by atoms with E-state index in [-0.39, 0.29) is 5.91 Å². The van der Waals surface area contributed by atoms with Crippen LogP contribution in [-0.2, 0) is 4.79 Å². The Kier molecular flexibility index (Phi) is 1.70. The lowest BCUT2D eigenvalue weighted by atomic mass is 10.6. The first-order valence-electron chi connectivity index (χ1n) is 3.84. The molecule has 0 spiro atoms. The number of aromatic nitrogens is 3. The third-order valence-electron chi connectivity index (χ3n) is 1.58. The number of hydrogen-bond acceptors (Lipinski definition) is 3. The van der Waals surface area contributed by atoms with Crippen molar-refractivity contribution in [2.45, 2.75) is 6.92 Å². The topological polar surface area (TPSA) is 59.3 Å². The summed E-state index contributed by atoms with van der Waals surface area (Å²) in [7, 11) is 0. The van der Waals surface area contributed by atoms with Crippen molar-refractivity contribution in [3.8, 4) is 0 Å². The lowest BCUT2D eigenvalue weighted by Gasteiger charge is -1.98. The molecule has 0 saturated carbocycles. The minimum absolute atomic E-state index is 0.132. The summed E-state index contributed by atoms with van der Waals surface area (Å²) in [5.74, 6) is 0.454. The standard InChI is InChI=1S/C8H8N4O/c1-6(13)11-8-5-9-7-3-2-4-10-12(7)8/h2-5H,1H3,(H,11,13). The van der Waals surface area contributed by atoms with E-state index >= 15 is 0 Å². The quantitative estimate of drug-likeness (QED) is 0.695. The van der Waals surface area contributed by atoms with Crippen molar-refractivity contribution in [3.05, 3.63) is 24.5 Å². The minimum Gasteiger partial charge on any atom is -0.310 e. The van der Waals surface area contributed by atoms with Crippen LogP contribution in [0.25, 0.3) is 5.65 Å². The predicted octanol–water partition coefficient (Wildman–Crippen LogP) is 0.688. The molecule has 1 amide bonds. The van der Waals surface area contributed by atoms with E-state index in [2.05, 4.69) is 15.4 Å². The number of nitrogens with zero attached hydrogens (tertiary/aromatic N) is 3. The van der Waals surface area contributed by atoms with Crippen LogP contribution >= 0.6 is 0 Å². The van der Waals surface area contributed by atoms with Crippen molar-refractivity contribution in [2.75, 3.05) is 5.32 Å². The van der Waals surface area contributed by atoms with E-state index in [4.69, 9.17) is 0 Å². The molecule has 0 aliphatic heterocycles. The SMILES string of the molecule is CC(=O)Nc1cnc2cccnn12. The largest absolute Gasteiger partial charge is 0.310 e. The molecule has 2 aromatic rings.